The molecule has 0 unspecified atom stereocenters. The van der Waals surface area contributed by atoms with Crippen molar-refractivity contribution in [2.45, 2.75) is 6.04 Å². The van der Waals surface area contributed by atoms with Gasteiger partial charge in [0.25, 0.3) is 5.91 Å². The number of amides is 1. The maximum atomic E-state index is 13.4. The van der Waals surface area contributed by atoms with E-state index in [-0.39, 0.29) is 10.0 Å². The van der Waals surface area contributed by atoms with Crippen LogP contribution in [0.15, 0.2) is 22.7 Å². The van der Waals surface area contributed by atoms with Crippen molar-refractivity contribution >= 4 is 27.8 Å². The van der Waals surface area contributed by atoms with Crippen molar-refractivity contribution in [2.24, 2.45) is 0 Å². The number of hydrogen-bond donors (Lipinski definition) is 3. The number of carboxylic acid groups (broad SMARTS) is 1. The molecule has 0 heterocycles. The molecular weight excluding hydrogens is 297 g/mol. The van der Waals surface area contributed by atoms with Crippen LogP contribution in [0.4, 0.5) is 4.39 Å². The van der Waals surface area contributed by atoms with Gasteiger partial charge in [0, 0.05) is 4.47 Å². The molecule has 0 saturated carbocycles. The van der Waals surface area contributed by atoms with Crippen molar-refractivity contribution in [2.75, 3.05) is 6.61 Å². The van der Waals surface area contributed by atoms with E-state index in [1.54, 1.807) is 0 Å². The second-order valence-corrected chi connectivity index (χ2v) is 4.00. The number of carbonyl (C=O) groups is 2. The van der Waals surface area contributed by atoms with Crippen LogP contribution in [-0.2, 0) is 4.79 Å². The van der Waals surface area contributed by atoms with Gasteiger partial charge in [-0.3, -0.25) is 4.79 Å². The highest BCUT2D eigenvalue weighted by atomic mass is 79.9. The van der Waals surface area contributed by atoms with Gasteiger partial charge in [0.05, 0.1) is 12.2 Å². The van der Waals surface area contributed by atoms with Gasteiger partial charge in [-0.15, -0.1) is 0 Å². The third-order valence-corrected chi connectivity index (χ3v) is 2.64. The number of carboxylic acids is 1. The molecule has 92 valence electrons. The topological polar surface area (TPSA) is 86.6 Å². The zero-order valence-corrected chi connectivity index (χ0v) is 10.1. The number of rotatable bonds is 4. The maximum absolute atomic E-state index is 13.4. The molecule has 0 aliphatic rings. The lowest BCUT2D eigenvalue weighted by atomic mass is 10.2. The summed E-state index contributed by atoms with van der Waals surface area (Å²) in [6.07, 6.45) is 0. The minimum absolute atomic E-state index is 0.206. The fourth-order valence-electron chi connectivity index (χ4n) is 1.13. The first-order chi connectivity index (χ1) is 7.97. The van der Waals surface area contributed by atoms with Crippen LogP contribution < -0.4 is 5.32 Å². The number of aliphatic hydroxyl groups is 1. The van der Waals surface area contributed by atoms with E-state index in [9.17, 15) is 14.0 Å². The predicted molar refractivity (Wildman–Crippen MR) is 60.1 cm³/mol. The fraction of sp³-hybridized carbons (Fsp3) is 0.200. The van der Waals surface area contributed by atoms with Crippen LogP contribution in [0.3, 0.4) is 0 Å². The Balaban J connectivity index is 2.94. The Morgan fingerprint density at radius 2 is 2.12 bits per heavy atom. The number of nitrogens with one attached hydrogen (secondary N) is 1. The summed E-state index contributed by atoms with van der Waals surface area (Å²) in [7, 11) is 0. The van der Waals surface area contributed by atoms with Crippen molar-refractivity contribution in [1.82, 2.24) is 5.32 Å². The van der Waals surface area contributed by atoms with Gasteiger partial charge in [0.2, 0.25) is 0 Å². The molecule has 0 bridgehead atoms. The molecule has 0 aliphatic heterocycles. The van der Waals surface area contributed by atoms with E-state index in [1.165, 1.54) is 12.1 Å². The largest absolute Gasteiger partial charge is 0.480 e. The van der Waals surface area contributed by atoms with Crippen LogP contribution in [0, 0.1) is 5.82 Å². The van der Waals surface area contributed by atoms with Crippen molar-refractivity contribution in [3.63, 3.8) is 0 Å². The van der Waals surface area contributed by atoms with E-state index in [0.29, 0.717) is 0 Å². The summed E-state index contributed by atoms with van der Waals surface area (Å²) in [6.45, 7) is -0.771. The lowest BCUT2D eigenvalue weighted by molar-refractivity contribution is -0.140. The van der Waals surface area contributed by atoms with Crippen molar-refractivity contribution in [3.8, 4) is 0 Å². The van der Waals surface area contributed by atoms with Crippen LogP contribution in [0.5, 0.6) is 0 Å². The summed E-state index contributed by atoms with van der Waals surface area (Å²) < 4.78 is 13.6. The van der Waals surface area contributed by atoms with Crippen molar-refractivity contribution in [3.05, 3.63) is 34.1 Å². The van der Waals surface area contributed by atoms with E-state index in [0.717, 1.165) is 6.07 Å². The Morgan fingerprint density at radius 3 is 2.59 bits per heavy atom. The molecule has 0 radical (unpaired) electrons. The Kier molecular flexibility index (Phi) is 4.59. The second-order valence-electron chi connectivity index (χ2n) is 3.14. The summed E-state index contributed by atoms with van der Waals surface area (Å²) in [5.74, 6) is -3.08. The lowest BCUT2D eigenvalue weighted by Crippen LogP contribution is -2.43. The number of hydrogen-bond acceptors (Lipinski definition) is 3. The van der Waals surface area contributed by atoms with Crippen LogP contribution >= 0.6 is 15.9 Å². The summed E-state index contributed by atoms with van der Waals surface area (Å²) in [5.41, 5.74) is -0.299. The quantitative estimate of drug-likeness (QED) is 0.766. The van der Waals surface area contributed by atoms with Crippen molar-refractivity contribution in [1.29, 1.82) is 0 Å². The molecule has 0 fully saturated rings. The molecule has 1 aromatic carbocycles. The summed E-state index contributed by atoms with van der Waals surface area (Å²) in [4.78, 5) is 22.2. The fourth-order valence-corrected chi connectivity index (χ4v) is 1.65. The summed E-state index contributed by atoms with van der Waals surface area (Å²) >= 11 is 2.99. The van der Waals surface area contributed by atoms with Crippen molar-refractivity contribution < 1.29 is 24.2 Å². The molecule has 0 spiro atoms. The van der Waals surface area contributed by atoms with E-state index in [2.05, 4.69) is 15.9 Å². The van der Waals surface area contributed by atoms with Gasteiger partial charge in [-0.2, -0.15) is 0 Å². The average molecular weight is 306 g/mol. The van der Waals surface area contributed by atoms with E-state index < -0.39 is 30.3 Å². The minimum Gasteiger partial charge on any atom is -0.480 e. The molecule has 7 heteroatoms. The molecule has 3 N–H and O–H groups in total. The molecule has 17 heavy (non-hydrogen) atoms. The first kappa shape index (κ1) is 13.6. The molecule has 1 amide bonds. The number of aliphatic hydroxyl groups excluding tert-OH is 1. The van der Waals surface area contributed by atoms with E-state index >= 15 is 0 Å². The number of halogens is 2. The van der Waals surface area contributed by atoms with Gasteiger partial charge < -0.3 is 15.5 Å². The van der Waals surface area contributed by atoms with Crippen LogP contribution in [0.2, 0.25) is 0 Å². The monoisotopic (exact) mass is 305 g/mol. The second kappa shape index (κ2) is 5.74. The molecular formula is C10H9BrFNO4. The van der Waals surface area contributed by atoms with Crippen LogP contribution in [0.25, 0.3) is 0 Å². The Hall–Kier alpha value is -1.47. The SMILES string of the molecule is O=C(N[C@H](CO)C(=O)O)c1c(F)cccc1Br. The number of benzene rings is 1. The Morgan fingerprint density at radius 1 is 1.47 bits per heavy atom. The lowest BCUT2D eigenvalue weighted by Gasteiger charge is -2.12. The standard InChI is InChI=1S/C10H9BrFNO4/c11-5-2-1-3-6(12)8(5)9(15)13-7(4-14)10(16)17/h1-3,7,14H,4H2,(H,13,15)(H,16,17)/t7-/m1/s1. The third kappa shape index (κ3) is 3.24. The molecule has 0 aromatic heterocycles. The highest BCUT2D eigenvalue weighted by Crippen LogP contribution is 2.19. The molecule has 1 atom stereocenters. The first-order valence-electron chi connectivity index (χ1n) is 4.56. The zero-order valence-electron chi connectivity index (χ0n) is 8.48. The van der Waals surface area contributed by atoms with E-state index in [1.807, 2.05) is 5.32 Å². The van der Waals surface area contributed by atoms with E-state index in [4.69, 9.17) is 10.2 Å². The highest BCUT2D eigenvalue weighted by Gasteiger charge is 2.22. The molecule has 5 nitrogen and oxygen atoms in total. The van der Waals surface area contributed by atoms with Gasteiger partial charge >= 0.3 is 5.97 Å². The Bertz CT molecular complexity index is 432. The van der Waals surface area contributed by atoms with Gasteiger partial charge in [0.1, 0.15) is 5.82 Å². The van der Waals surface area contributed by atoms with Gasteiger partial charge in [-0.25, -0.2) is 9.18 Å². The van der Waals surface area contributed by atoms with Crippen LogP contribution in [-0.4, -0.2) is 34.7 Å². The number of carbonyl (C=O) groups excluding carboxylic acids is 1. The highest BCUT2D eigenvalue weighted by molar-refractivity contribution is 9.10. The zero-order chi connectivity index (χ0) is 13.0. The first-order valence-corrected chi connectivity index (χ1v) is 5.35. The average Bonchev–Trinajstić information content (AvgIpc) is 2.25. The maximum Gasteiger partial charge on any atom is 0.328 e. The third-order valence-electron chi connectivity index (χ3n) is 1.98. The van der Waals surface area contributed by atoms with Gasteiger partial charge in [-0.05, 0) is 28.1 Å². The summed E-state index contributed by atoms with van der Waals surface area (Å²) in [5, 5.41) is 19.4. The smallest absolute Gasteiger partial charge is 0.328 e. The van der Waals surface area contributed by atoms with Crippen LogP contribution in [0.1, 0.15) is 10.4 Å². The number of aliphatic carboxylic acids is 1. The Labute approximate surface area is 104 Å². The summed E-state index contributed by atoms with van der Waals surface area (Å²) in [6, 6.07) is 2.46. The molecule has 0 aliphatic carbocycles. The minimum atomic E-state index is -1.46. The molecule has 0 saturated heterocycles. The molecule has 1 aromatic rings. The predicted octanol–water partition coefficient (Wildman–Crippen LogP) is 0.763. The van der Waals surface area contributed by atoms with Gasteiger partial charge in [0.15, 0.2) is 6.04 Å². The molecule has 1 rings (SSSR count). The normalized spacial score (nSPS) is 11.9. The van der Waals surface area contributed by atoms with Gasteiger partial charge in [-0.1, -0.05) is 6.07 Å².